The summed E-state index contributed by atoms with van der Waals surface area (Å²) < 4.78 is 5.30. The molecule has 0 fully saturated rings. The lowest BCUT2D eigenvalue weighted by atomic mass is 10.1. The lowest BCUT2D eigenvalue weighted by molar-refractivity contribution is 0.0879. The first kappa shape index (κ1) is 12.9. The zero-order valence-corrected chi connectivity index (χ0v) is 10.2. The Morgan fingerprint density at radius 1 is 1.12 bits per heavy atom. The maximum absolute atomic E-state index is 11.7. The molecule has 0 saturated heterocycles. The van der Waals surface area contributed by atoms with E-state index in [0.717, 1.165) is 25.0 Å². The monoisotopic (exact) mass is 220 g/mol. The number of rotatable bonds is 7. The van der Waals surface area contributed by atoms with E-state index in [1.54, 1.807) is 0 Å². The summed E-state index contributed by atoms with van der Waals surface area (Å²) in [6, 6.07) is 7.84. The van der Waals surface area contributed by atoms with Crippen LogP contribution in [0.2, 0.25) is 0 Å². The summed E-state index contributed by atoms with van der Waals surface area (Å²) in [7, 11) is 0. The van der Waals surface area contributed by atoms with Crippen molar-refractivity contribution in [1.82, 2.24) is 0 Å². The molecule has 0 aliphatic rings. The zero-order chi connectivity index (χ0) is 11.8. The van der Waals surface area contributed by atoms with Gasteiger partial charge in [-0.25, -0.2) is 0 Å². The largest absolute Gasteiger partial charge is 0.381 e. The van der Waals surface area contributed by atoms with Crippen molar-refractivity contribution in [3.63, 3.8) is 0 Å². The third-order valence-corrected chi connectivity index (χ3v) is 2.51. The Hall–Kier alpha value is -1.15. The van der Waals surface area contributed by atoms with Crippen LogP contribution < -0.4 is 0 Å². The van der Waals surface area contributed by atoms with Crippen LogP contribution in [0.1, 0.15) is 42.6 Å². The van der Waals surface area contributed by atoms with Crippen LogP contribution >= 0.6 is 0 Å². The van der Waals surface area contributed by atoms with Crippen LogP contribution in [0.5, 0.6) is 0 Å². The van der Waals surface area contributed by atoms with Crippen molar-refractivity contribution in [2.75, 3.05) is 13.2 Å². The summed E-state index contributed by atoms with van der Waals surface area (Å²) in [6.07, 6.45) is 2.49. The molecule has 0 aromatic heterocycles. The molecule has 88 valence electrons. The lowest BCUT2D eigenvalue weighted by Crippen LogP contribution is -2.05. The molecule has 0 aliphatic carbocycles. The molecule has 0 spiro atoms. The van der Waals surface area contributed by atoms with Gasteiger partial charge in [-0.3, -0.25) is 4.79 Å². The van der Waals surface area contributed by atoms with Crippen LogP contribution in [0.25, 0.3) is 0 Å². The normalized spacial score (nSPS) is 10.4. The van der Waals surface area contributed by atoms with Gasteiger partial charge in [-0.15, -0.1) is 0 Å². The highest BCUT2D eigenvalue weighted by molar-refractivity contribution is 5.96. The molecular weight excluding hydrogens is 200 g/mol. The first-order chi connectivity index (χ1) is 7.77. The fourth-order valence-corrected chi connectivity index (χ4v) is 1.48. The maximum Gasteiger partial charge on any atom is 0.165 e. The van der Waals surface area contributed by atoms with Gasteiger partial charge in [0.25, 0.3) is 0 Å². The van der Waals surface area contributed by atoms with E-state index in [0.29, 0.717) is 13.0 Å². The minimum absolute atomic E-state index is 0.166. The number of Topliss-reactive ketones (excluding diaryl/α,β-unsaturated/α-hetero) is 1. The molecule has 0 saturated carbocycles. The van der Waals surface area contributed by atoms with Crippen molar-refractivity contribution in [3.8, 4) is 0 Å². The van der Waals surface area contributed by atoms with E-state index >= 15 is 0 Å². The van der Waals surface area contributed by atoms with Crippen LogP contribution in [0.15, 0.2) is 24.3 Å². The van der Waals surface area contributed by atoms with Gasteiger partial charge in [0.2, 0.25) is 0 Å². The van der Waals surface area contributed by atoms with Crippen LogP contribution in [0.3, 0.4) is 0 Å². The van der Waals surface area contributed by atoms with Crippen molar-refractivity contribution in [1.29, 1.82) is 0 Å². The van der Waals surface area contributed by atoms with E-state index in [4.69, 9.17) is 4.74 Å². The van der Waals surface area contributed by atoms with Crippen molar-refractivity contribution in [2.24, 2.45) is 0 Å². The van der Waals surface area contributed by atoms with E-state index in [-0.39, 0.29) is 5.78 Å². The van der Waals surface area contributed by atoms with Gasteiger partial charge in [0.1, 0.15) is 0 Å². The van der Waals surface area contributed by atoms with Crippen molar-refractivity contribution in [3.05, 3.63) is 35.4 Å². The number of ether oxygens (including phenoxy) is 1. The van der Waals surface area contributed by atoms with Gasteiger partial charge in [-0.2, -0.15) is 0 Å². The second-order valence-corrected chi connectivity index (χ2v) is 3.84. The van der Waals surface area contributed by atoms with Crippen molar-refractivity contribution >= 4 is 5.78 Å². The van der Waals surface area contributed by atoms with Crippen LogP contribution in [0, 0.1) is 0 Å². The van der Waals surface area contributed by atoms with Crippen LogP contribution in [-0.2, 0) is 11.2 Å². The van der Waals surface area contributed by atoms with Gasteiger partial charge in [0.05, 0.1) is 6.61 Å². The summed E-state index contributed by atoms with van der Waals surface area (Å²) in [5.41, 5.74) is 2.05. The quantitative estimate of drug-likeness (QED) is 0.521. The van der Waals surface area contributed by atoms with Crippen LogP contribution in [0.4, 0.5) is 0 Å². The van der Waals surface area contributed by atoms with Gasteiger partial charge in [-0.05, 0) is 18.4 Å². The van der Waals surface area contributed by atoms with E-state index in [2.05, 4.69) is 13.8 Å². The van der Waals surface area contributed by atoms with Crippen molar-refractivity contribution in [2.45, 2.75) is 33.1 Å². The summed E-state index contributed by atoms with van der Waals surface area (Å²) in [6.45, 7) is 5.44. The summed E-state index contributed by atoms with van der Waals surface area (Å²) in [5.74, 6) is 0.166. The van der Waals surface area contributed by atoms with E-state index < -0.39 is 0 Å². The summed E-state index contributed by atoms with van der Waals surface area (Å²) >= 11 is 0. The number of carbonyl (C=O) groups is 1. The Morgan fingerprint density at radius 3 is 2.38 bits per heavy atom. The molecular formula is C14H20O2. The first-order valence-corrected chi connectivity index (χ1v) is 5.97. The first-order valence-electron chi connectivity index (χ1n) is 5.97. The predicted molar refractivity (Wildman–Crippen MR) is 65.9 cm³/mol. The minimum Gasteiger partial charge on any atom is -0.381 e. The molecule has 2 heteroatoms. The molecule has 0 atom stereocenters. The molecule has 2 nitrogen and oxygen atoms in total. The van der Waals surface area contributed by atoms with E-state index in [1.165, 1.54) is 5.56 Å². The molecule has 16 heavy (non-hydrogen) atoms. The summed E-state index contributed by atoms with van der Waals surface area (Å²) in [5, 5.41) is 0. The number of aryl methyl sites for hydroxylation is 1. The molecule has 1 aromatic rings. The molecule has 1 aromatic carbocycles. The third-order valence-electron chi connectivity index (χ3n) is 2.51. The van der Waals surface area contributed by atoms with Crippen LogP contribution in [-0.4, -0.2) is 19.0 Å². The number of hydrogen-bond donors (Lipinski definition) is 0. The van der Waals surface area contributed by atoms with Gasteiger partial charge in [0, 0.05) is 18.6 Å². The topological polar surface area (TPSA) is 26.3 Å². The zero-order valence-electron chi connectivity index (χ0n) is 10.2. The molecule has 0 radical (unpaired) electrons. The van der Waals surface area contributed by atoms with Gasteiger partial charge >= 0.3 is 0 Å². The molecule has 0 heterocycles. The smallest absolute Gasteiger partial charge is 0.165 e. The molecule has 0 unspecified atom stereocenters. The average Bonchev–Trinajstić information content (AvgIpc) is 2.34. The highest BCUT2D eigenvalue weighted by atomic mass is 16.5. The minimum atomic E-state index is 0.166. The molecule has 0 N–H and O–H groups in total. The maximum atomic E-state index is 11.7. The SMILES string of the molecule is CCCOCCC(=O)c1ccc(CC)cc1. The van der Waals surface area contributed by atoms with Crippen molar-refractivity contribution < 1.29 is 9.53 Å². The molecule has 0 bridgehead atoms. The van der Waals surface area contributed by atoms with Gasteiger partial charge < -0.3 is 4.74 Å². The lowest BCUT2D eigenvalue weighted by Gasteiger charge is -2.03. The Labute approximate surface area is 97.6 Å². The average molecular weight is 220 g/mol. The number of hydrogen-bond acceptors (Lipinski definition) is 2. The second-order valence-electron chi connectivity index (χ2n) is 3.84. The second kappa shape index (κ2) is 7.18. The molecule has 1 rings (SSSR count). The Morgan fingerprint density at radius 2 is 1.81 bits per heavy atom. The number of benzene rings is 1. The number of carbonyl (C=O) groups excluding carboxylic acids is 1. The van der Waals surface area contributed by atoms with Gasteiger partial charge in [0.15, 0.2) is 5.78 Å². The highest BCUT2D eigenvalue weighted by Crippen LogP contribution is 2.07. The molecule has 0 amide bonds. The van der Waals surface area contributed by atoms with E-state index in [9.17, 15) is 4.79 Å². The predicted octanol–water partition coefficient (Wildman–Crippen LogP) is 3.25. The Bertz CT molecular complexity index is 314. The third kappa shape index (κ3) is 4.15. The van der Waals surface area contributed by atoms with E-state index in [1.807, 2.05) is 24.3 Å². The fraction of sp³-hybridized carbons (Fsp3) is 0.500. The highest BCUT2D eigenvalue weighted by Gasteiger charge is 2.04. The molecule has 0 aliphatic heterocycles. The fourth-order valence-electron chi connectivity index (χ4n) is 1.48. The Balaban J connectivity index is 2.40. The van der Waals surface area contributed by atoms with Gasteiger partial charge in [-0.1, -0.05) is 38.1 Å². The number of ketones is 1. The standard InChI is InChI=1S/C14H20O2/c1-3-10-16-11-9-14(15)13-7-5-12(4-2)6-8-13/h5-8H,3-4,9-11H2,1-2H3. The summed E-state index contributed by atoms with van der Waals surface area (Å²) in [4.78, 5) is 11.7. The Kier molecular flexibility index (Phi) is 5.79.